The highest BCUT2D eigenvalue weighted by Crippen LogP contribution is 2.26. The van der Waals surface area contributed by atoms with Crippen LogP contribution in [0.4, 0.5) is 0 Å². The van der Waals surface area contributed by atoms with Gasteiger partial charge in [0, 0.05) is 25.2 Å². The van der Waals surface area contributed by atoms with Crippen molar-refractivity contribution in [1.82, 2.24) is 10.2 Å². The first-order valence-corrected chi connectivity index (χ1v) is 8.33. The van der Waals surface area contributed by atoms with Crippen molar-refractivity contribution in [2.75, 3.05) is 19.6 Å². The van der Waals surface area contributed by atoms with Crippen molar-refractivity contribution in [3.8, 4) is 0 Å². The van der Waals surface area contributed by atoms with E-state index in [1.165, 1.54) is 24.1 Å². The minimum Gasteiger partial charge on any atom is -0.309 e. The molecule has 0 amide bonds. The molecule has 3 rings (SSSR count). The Bertz CT molecular complexity index is 509. The molecular weight excluding hydrogens is 264 g/mol. The Balaban J connectivity index is 1.75. The summed E-state index contributed by atoms with van der Waals surface area (Å²) in [7, 11) is 0. The lowest BCUT2D eigenvalue weighted by Crippen LogP contribution is -2.33. The van der Waals surface area contributed by atoms with Gasteiger partial charge < -0.3 is 5.32 Å². The molecule has 0 spiro atoms. The van der Waals surface area contributed by atoms with Gasteiger partial charge in [0.25, 0.3) is 0 Å². The highest BCUT2D eigenvalue weighted by atomic mass is 32.1. The van der Waals surface area contributed by atoms with Gasteiger partial charge in [-0.3, -0.25) is 4.90 Å². The second kappa shape index (κ2) is 6.53. The number of benzene rings is 1. The van der Waals surface area contributed by atoms with E-state index in [2.05, 4.69) is 64.3 Å². The van der Waals surface area contributed by atoms with Gasteiger partial charge in [0.1, 0.15) is 0 Å². The van der Waals surface area contributed by atoms with Crippen LogP contribution in [-0.4, -0.2) is 24.5 Å². The average molecular weight is 286 g/mol. The molecule has 1 aromatic carbocycles. The van der Waals surface area contributed by atoms with Crippen LogP contribution in [0, 0.1) is 0 Å². The van der Waals surface area contributed by atoms with E-state index < -0.39 is 0 Å². The van der Waals surface area contributed by atoms with Gasteiger partial charge in [-0.25, -0.2) is 0 Å². The summed E-state index contributed by atoms with van der Waals surface area (Å²) in [5, 5.41) is 8.14. The summed E-state index contributed by atoms with van der Waals surface area (Å²) in [5.41, 5.74) is 2.85. The van der Waals surface area contributed by atoms with Crippen molar-refractivity contribution < 1.29 is 0 Å². The van der Waals surface area contributed by atoms with E-state index >= 15 is 0 Å². The first kappa shape index (κ1) is 13.8. The molecule has 2 heterocycles. The number of nitrogens with zero attached hydrogens (tertiary/aromatic N) is 1. The van der Waals surface area contributed by atoms with E-state index in [0.29, 0.717) is 12.1 Å². The molecule has 0 aliphatic carbocycles. The van der Waals surface area contributed by atoms with Crippen molar-refractivity contribution in [2.24, 2.45) is 0 Å². The van der Waals surface area contributed by atoms with Crippen LogP contribution in [0.5, 0.6) is 0 Å². The third kappa shape index (κ3) is 3.11. The van der Waals surface area contributed by atoms with E-state index in [-0.39, 0.29) is 0 Å². The smallest absolute Gasteiger partial charge is 0.0449 e. The Kier molecular flexibility index (Phi) is 4.51. The number of rotatable bonds is 3. The van der Waals surface area contributed by atoms with Crippen LogP contribution in [0.25, 0.3) is 0 Å². The highest BCUT2D eigenvalue weighted by molar-refractivity contribution is 7.07. The van der Waals surface area contributed by atoms with Gasteiger partial charge in [-0.05, 0) is 47.8 Å². The summed E-state index contributed by atoms with van der Waals surface area (Å²) in [5.74, 6) is 0. The van der Waals surface area contributed by atoms with Gasteiger partial charge in [-0.1, -0.05) is 30.3 Å². The largest absolute Gasteiger partial charge is 0.309 e. The molecule has 106 valence electrons. The summed E-state index contributed by atoms with van der Waals surface area (Å²) in [6.45, 7) is 5.69. The molecule has 1 aliphatic rings. The summed E-state index contributed by atoms with van der Waals surface area (Å²) in [6, 6.07) is 14.0. The molecule has 1 N–H and O–H groups in total. The van der Waals surface area contributed by atoms with E-state index in [0.717, 1.165) is 13.1 Å². The number of hydrogen-bond acceptors (Lipinski definition) is 3. The Morgan fingerprint density at radius 3 is 2.85 bits per heavy atom. The third-order valence-corrected chi connectivity index (χ3v) is 4.91. The number of nitrogens with one attached hydrogen (secondary N) is 1. The molecule has 2 aromatic rings. The molecule has 0 bridgehead atoms. The van der Waals surface area contributed by atoms with Crippen LogP contribution in [0.15, 0.2) is 47.2 Å². The standard InChI is InChI=1S/C17H22N2S/c1-14(16-8-11-20-13-16)19-10-5-9-18-17(12-19)15-6-3-2-4-7-15/h2-4,6-8,11,13-14,17-18H,5,9-10,12H2,1H3. The van der Waals surface area contributed by atoms with Crippen LogP contribution in [0.1, 0.15) is 36.6 Å². The van der Waals surface area contributed by atoms with Crippen LogP contribution < -0.4 is 5.32 Å². The van der Waals surface area contributed by atoms with Crippen molar-refractivity contribution in [3.05, 3.63) is 58.3 Å². The molecule has 2 unspecified atom stereocenters. The molecule has 2 nitrogen and oxygen atoms in total. The van der Waals surface area contributed by atoms with Crippen LogP contribution in [0.2, 0.25) is 0 Å². The highest BCUT2D eigenvalue weighted by Gasteiger charge is 2.23. The molecule has 2 atom stereocenters. The second-order valence-corrected chi connectivity index (χ2v) is 6.28. The molecule has 1 aromatic heterocycles. The van der Waals surface area contributed by atoms with Crippen molar-refractivity contribution in [3.63, 3.8) is 0 Å². The van der Waals surface area contributed by atoms with Crippen LogP contribution in [0.3, 0.4) is 0 Å². The summed E-state index contributed by atoms with van der Waals surface area (Å²) < 4.78 is 0. The molecule has 1 saturated heterocycles. The molecule has 1 fully saturated rings. The van der Waals surface area contributed by atoms with E-state index in [4.69, 9.17) is 0 Å². The predicted octanol–water partition coefficient (Wildman–Crippen LogP) is 3.85. The van der Waals surface area contributed by atoms with E-state index in [9.17, 15) is 0 Å². The fraction of sp³-hybridized carbons (Fsp3) is 0.412. The number of hydrogen-bond donors (Lipinski definition) is 1. The number of thiophene rings is 1. The fourth-order valence-corrected chi connectivity index (χ4v) is 3.68. The molecule has 3 heteroatoms. The average Bonchev–Trinajstić information content (AvgIpc) is 2.92. The second-order valence-electron chi connectivity index (χ2n) is 5.50. The SMILES string of the molecule is CC(c1ccsc1)N1CCCNC(c2ccccc2)C1. The minimum absolute atomic E-state index is 0.444. The molecule has 1 aliphatic heterocycles. The van der Waals surface area contributed by atoms with Gasteiger partial charge >= 0.3 is 0 Å². The quantitative estimate of drug-likeness (QED) is 0.922. The maximum Gasteiger partial charge on any atom is 0.0449 e. The molecule has 20 heavy (non-hydrogen) atoms. The summed E-state index contributed by atoms with van der Waals surface area (Å²) in [4.78, 5) is 2.61. The third-order valence-electron chi connectivity index (χ3n) is 4.21. The Labute approximate surface area is 125 Å². The molecule has 0 radical (unpaired) electrons. The maximum absolute atomic E-state index is 3.69. The van der Waals surface area contributed by atoms with Gasteiger partial charge in [0.15, 0.2) is 0 Å². The summed E-state index contributed by atoms with van der Waals surface area (Å²) >= 11 is 1.79. The van der Waals surface area contributed by atoms with Crippen molar-refractivity contribution >= 4 is 11.3 Å². The van der Waals surface area contributed by atoms with Gasteiger partial charge in [0.05, 0.1) is 0 Å². The predicted molar refractivity (Wildman–Crippen MR) is 86.1 cm³/mol. The van der Waals surface area contributed by atoms with Gasteiger partial charge in [0.2, 0.25) is 0 Å². The van der Waals surface area contributed by atoms with Crippen molar-refractivity contribution in [1.29, 1.82) is 0 Å². The van der Waals surface area contributed by atoms with Gasteiger partial charge in [-0.15, -0.1) is 0 Å². The minimum atomic E-state index is 0.444. The maximum atomic E-state index is 3.69. The Morgan fingerprint density at radius 1 is 1.25 bits per heavy atom. The monoisotopic (exact) mass is 286 g/mol. The van der Waals surface area contributed by atoms with Gasteiger partial charge in [-0.2, -0.15) is 11.3 Å². The summed E-state index contributed by atoms with van der Waals surface area (Å²) in [6.07, 6.45) is 1.22. The lowest BCUT2D eigenvalue weighted by atomic mass is 10.1. The van der Waals surface area contributed by atoms with Crippen LogP contribution >= 0.6 is 11.3 Å². The molecule has 0 saturated carbocycles. The zero-order chi connectivity index (χ0) is 13.8. The Morgan fingerprint density at radius 2 is 2.10 bits per heavy atom. The Hall–Kier alpha value is -1.16. The fourth-order valence-electron chi connectivity index (χ4n) is 2.93. The first-order valence-electron chi connectivity index (χ1n) is 7.39. The topological polar surface area (TPSA) is 15.3 Å². The zero-order valence-electron chi connectivity index (χ0n) is 12.0. The normalized spacial score (nSPS) is 22.4. The first-order chi connectivity index (χ1) is 9.84. The molecular formula is C17H22N2S. The lowest BCUT2D eigenvalue weighted by Gasteiger charge is -2.30. The van der Waals surface area contributed by atoms with Crippen molar-refractivity contribution in [2.45, 2.75) is 25.4 Å². The zero-order valence-corrected chi connectivity index (χ0v) is 12.8. The van der Waals surface area contributed by atoms with E-state index in [1.54, 1.807) is 11.3 Å². The van der Waals surface area contributed by atoms with E-state index in [1.807, 2.05) is 0 Å². The lowest BCUT2D eigenvalue weighted by molar-refractivity contribution is 0.207. The van der Waals surface area contributed by atoms with Crippen LogP contribution in [-0.2, 0) is 0 Å².